The largest absolute Gasteiger partial charge is 0.370 e. The first kappa shape index (κ1) is 14.1. The molecular weight excluding hydrogens is 308 g/mol. The minimum atomic E-state index is -0.260. The second-order valence-electron chi connectivity index (χ2n) is 4.91. The molecule has 1 fully saturated rings. The molecule has 1 saturated heterocycles. The number of nitrogens with zero attached hydrogens (tertiary/aromatic N) is 1. The Morgan fingerprint density at radius 1 is 1.42 bits per heavy atom. The van der Waals surface area contributed by atoms with E-state index in [9.17, 15) is 9.59 Å². The summed E-state index contributed by atoms with van der Waals surface area (Å²) in [5, 5.41) is 0. The molecule has 2 N–H and O–H groups in total. The highest BCUT2D eigenvalue weighted by Gasteiger charge is 2.26. The van der Waals surface area contributed by atoms with E-state index >= 15 is 0 Å². The summed E-state index contributed by atoms with van der Waals surface area (Å²) in [5.41, 5.74) is 6.96. The first-order chi connectivity index (χ1) is 8.99. The van der Waals surface area contributed by atoms with E-state index in [2.05, 4.69) is 20.8 Å². The van der Waals surface area contributed by atoms with Crippen molar-refractivity contribution in [1.29, 1.82) is 0 Å². The molecule has 19 heavy (non-hydrogen) atoms. The Bertz CT molecular complexity index is 516. The number of primary amides is 1. The number of Topliss-reactive ketones (excluding diaryl/α,β-unsaturated/α-hetero) is 1. The summed E-state index contributed by atoms with van der Waals surface area (Å²) in [4.78, 5) is 25.1. The molecule has 0 radical (unpaired) electrons. The molecule has 102 valence electrons. The fraction of sp³-hybridized carbons (Fsp3) is 0.429. The normalized spacial score (nSPS) is 19.3. The molecule has 1 heterocycles. The number of halogens is 1. The van der Waals surface area contributed by atoms with Crippen molar-refractivity contribution in [3.8, 4) is 0 Å². The quantitative estimate of drug-likeness (QED) is 0.868. The van der Waals surface area contributed by atoms with Gasteiger partial charge in [-0.05, 0) is 38.0 Å². The summed E-state index contributed by atoms with van der Waals surface area (Å²) in [6, 6.07) is 5.60. The number of anilines is 1. The summed E-state index contributed by atoms with van der Waals surface area (Å²) >= 11 is 3.43. The van der Waals surface area contributed by atoms with Gasteiger partial charge in [-0.25, -0.2) is 0 Å². The summed E-state index contributed by atoms with van der Waals surface area (Å²) in [7, 11) is 0. The van der Waals surface area contributed by atoms with E-state index in [1.165, 1.54) is 0 Å². The smallest absolute Gasteiger partial charge is 0.222 e. The molecule has 0 bridgehead atoms. The molecule has 0 aromatic heterocycles. The van der Waals surface area contributed by atoms with Gasteiger partial charge in [-0.2, -0.15) is 0 Å². The lowest BCUT2D eigenvalue weighted by Gasteiger charge is -2.34. The zero-order valence-electron chi connectivity index (χ0n) is 10.9. The van der Waals surface area contributed by atoms with Crippen molar-refractivity contribution in [2.45, 2.75) is 19.8 Å². The van der Waals surface area contributed by atoms with Crippen molar-refractivity contribution in [2.24, 2.45) is 11.7 Å². The van der Waals surface area contributed by atoms with Crippen LogP contribution in [-0.4, -0.2) is 24.8 Å². The molecule has 1 aliphatic rings. The number of hydrogen-bond donors (Lipinski definition) is 1. The number of ketones is 1. The van der Waals surface area contributed by atoms with Crippen LogP contribution in [0.5, 0.6) is 0 Å². The number of nitrogens with two attached hydrogens (primary N) is 1. The number of carbonyl (C=O) groups is 2. The average molecular weight is 325 g/mol. The standard InChI is InChI=1S/C14H17BrN2O2/c1-9(18)12-5-4-11(15)7-13(12)17-6-2-3-10(8-17)14(16)19/h4-5,7,10H,2-3,6,8H2,1H3,(H2,16,19). The van der Waals surface area contributed by atoms with Crippen LogP contribution >= 0.6 is 15.9 Å². The molecule has 1 aromatic carbocycles. The molecule has 5 heteroatoms. The highest BCUT2D eigenvalue weighted by molar-refractivity contribution is 9.10. The highest BCUT2D eigenvalue weighted by atomic mass is 79.9. The van der Waals surface area contributed by atoms with Crippen molar-refractivity contribution in [3.05, 3.63) is 28.2 Å². The molecule has 2 rings (SSSR count). The number of carbonyl (C=O) groups excluding carboxylic acids is 2. The van der Waals surface area contributed by atoms with E-state index < -0.39 is 0 Å². The van der Waals surface area contributed by atoms with Gasteiger partial charge in [0, 0.05) is 28.8 Å². The average Bonchev–Trinajstić information content (AvgIpc) is 2.38. The lowest BCUT2D eigenvalue weighted by molar-refractivity contribution is -0.122. The van der Waals surface area contributed by atoms with Crippen molar-refractivity contribution in [2.75, 3.05) is 18.0 Å². The Labute approximate surface area is 121 Å². The molecule has 1 aliphatic heterocycles. The fourth-order valence-corrected chi connectivity index (χ4v) is 2.84. The number of amides is 1. The first-order valence-electron chi connectivity index (χ1n) is 6.34. The van der Waals surface area contributed by atoms with E-state index in [0.717, 1.165) is 29.5 Å². The lowest BCUT2D eigenvalue weighted by Crippen LogP contribution is -2.41. The Hall–Kier alpha value is -1.36. The molecular formula is C14H17BrN2O2. The van der Waals surface area contributed by atoms with Crippen LogP contribution in [0.3, 0.4) is 0 Å². The maximum Gasteiger partial charge on any atom is 0.222 e. The SMILES string of the molecule is CC(=O)c1ccc(Br)cc1N1CCCC(C(N)=O)C1. The topological polar surface area (TPSA) is 63.4 Å². The summed E-state index contributed by atoms with van der Waals surface area (Å²) in [6.07, 6.45) is 1.74. The Morgan fingerprint density at radius 3 is 2.79 bits per heavy atom. The van der Waals surface area contributed by atoms with Gasteiger partial charge in [0.05, 0.1) is 5.92 Å². The Balaban J connectivity index is 2.32. The molecule has 4 nitrogen and oxygen atoms in total. The summed E-state index contributed by atoms with van der Waals surface area (Å²) in [6.45, 7) is 2.99. The van der Waals surface area contributed by atoms with E-state index in [1.54, 1.807) is 6.92 Å². The third kappa shape index (κ3) is 3.15. The number of benzene rings is 1. The predicted octanol–water partition coefficient (Wildman–Crippen LogP) is 2.35. The second kappa shape index (κ2) is 5.74. The van der Waals surface area contributed by atoms with E-state index in [-0.39, 0.29) is 17.6 Å². The van der Waals surface area contributed by atoms with Crippen LogP contribution in [0.2, 0.25) is 0 Å². The van der Waals surface area contributed by atoms with Gasteiger partial charge in [-0.3, -0.25) is 9.59 Å². The van der Waals surface area contributed by atoms with Crippen LogP contribution in [-0.2, 0) is 4.79 Å². The van der Waals surface area contributed by atoms with Crippen LogP contribution < -0.4 is 10.6 Å². The molecule has 0 aliphatic carbocycles. The fourth-order valence-electron chi connectivity index (χ4n) is 2.49. The van der Waals surface area contributed by atoms with Crippen molar-refractivity contribution in [3.63, 3.8) is 0 Å². The van der Waals surface area contributed by atoms with Gasteiger partial charge >= 0.3 is 0 Å². The molecule has 0 saturated carbocycles. The van der Waals surface area contributed by atoms with Gasteiger partial charge in [0.15, 0.2) is 5.78 Å². The van der Waals surface area contributed by atoms with Crippen LogP contribution in [0.1, 0.15) is 30.1 Å². The van der Waals surface area contributed by atoms with Crippen LogP contribution in [0.4, 0.5) is 5.69 Å². The molecule has 0 spiro atoms. The predicted molar refractivity (Wildman–Crippen MR) is 78.3 cm³/mol. The minimum Gasteiger partial charge on any atom is -0.370 e. The monoisotopic (exact) mass is 324 g/mol. The Kier molecular flexibility index (Phi) is 4.24. The lowest BCUT2D eigenvalue weighted by atomic mass is 9.96. The van der Waals surface area contributed by atoms with E-state index in [4.69, 9.17) is 5.73 Å². The summed E-state index contributed by atoms with van der Waals surface area (Å²) in [5.74, 6) is -0.361. The first-order valence-corrected chi connectivity index (χ1v) is 7.13. The molecule has 1 amide bonds. The van der Waals surface area contributed by atoms with Gasteiger partial charge in [0.1, 0.15) is 0 Å². The molecule has 1 unspecified atom stereocenters. The third-order valence-corrected chi connectivity index (χ3v) is 4.00. The number of piperidine rings is 1. The highest BCUT2D eigenvalue weighted by Crippen LogP contribution is 2.29. The van der Waals surface area contributed by atoms with Gasteiger partial charge in [-0.15, -0.1) is 0 Å². The zero-order valence-corrected chi connectivity index (χ0v) is 12.4. The number of rotatable bonds is 3. The van der Waals surface area contributed by atoms with Gasteiger partial charge < -0.3 is 10.6 Å². The van der Waals surface area contributed by atoms with Crippen LogP contribution in [0.25, 0.3) is 0 Å². The minimum absolute atomic E-state index is 0.0312. The van der Waals surface area contributed by atoms with Gasteiger partial charge in [0.2, 0.25) is 5.91 Å². The summed E-state index contributed by atoms with van der Waals surface area (Å²) < 4.78 is 0.925. The van der Waals surface area contributed by atoms with Crippen LogP contribution in [0.15, 0.2) is 22.7 Å². The second-order valence-corrected chi connectivity index (χ2v) is 5.82. The maximum absolute atomic E-state index is 11.7. The third-order valence-electron chi connectivity index (χ3n) is 3.50. The van der Waals surface area contributed by atoms with Crippen molar-refractivity contribution in [1.82, 2.24) is 0 Å². The van der Waals surface area contributed by atoms with Crippen molar-refractivity contribution < 1.29 is 9.59 Å². The number of hydrogen-bond acceptors (Lipinski definition) is 3. The van der Waals surface area contributed by atoms with E-state index in [0.29, 0.717) is 12.1 Å². The maximum atomic E-state index is 11.7. The van der Waals surface area contributed by atoms with Gasteiger partial charge in [-0.1, -0.05) is 15.9 Å². The zero-order chi connectivity index (χ0) is 14.0. The van der Waals surface area contributed by atoms with E-state index in [1.807, 2.05) is 18.2 Å². The van der Waals surface area contributed by atoms with Crippen LogP contribution in [0, 0.1) is 5.92 Å². The molecule has 1 aromatic rings. The van der Waals surface area contributed by atoms with Crippen molar-refractivity contribution >= 4 is 33.3 Å². The van der Waals surface area contributed by atoms with Gasteiger partial charge in [0.25, 0.3) is 0 Å². The Morgan fingerprint density at radius 2 is 2.16 bits per heavy atom. The molecule has 1 atom stereocenters.